The number of aliphatic imine (C=N–C) groups is 1. The first-order valence-corrected chi connectivity index (χ1v) is 11.1. The number of ether oxygens (including phenoxy) is 1. The minimum absolute atomic E-state index is 0.393. The number of aliphatic hydroxyl groups excluding tert-OH is 1. The predicted octanol–water partition coefficient (Wildman–Crippen LogP) is 3.15. The third kappa shape index (κ3) is 5.38. The molecule has 1 unspecified atom stereocenters. The zero-order valence-electron chi connectivity index (χ0n) is 18.1. The first-order valence-electron chi connectivity index (χ1n) is 10.2. The van der Waals surface area contributed by atoms with Crippen LogP contribution in [0, 0.1) is 13.8 Å². The Kier molecular flexibility index (Phi) is 7.84. The molecule has 2 heterocycles. The van der Waals surface area contributed by atoms with Gasteiger partial charge in [0.1, 0.15) is 6.10 Å². The molecule has 3 N–H and O–H groups in total. The van der Waals surface area contributed by atoms with E-state index < -0.39 is 6.10 Å². The maximum Gasteiger partial charge on any atom is 0.191 e. The van der Waals surface area contributed by atoms with Crippen molar-refractivity contribution < 1.29 is 9.84 Å². The van der Waals surface area contributed by atoms with Crippen molar-refractivity contribution in [3.8, 4) is 0 Å². The standard InChI is InChI=1S/C22H31N5O2S/c1-5-23-22(24-13-18-15(2)26-27(16(18)3)10-11-29-4)25-14-19(28)21-12-17-8-6-7-9-20(17)30-21/h6-9,12,19,28H,5,10-11,13-14H2,1-4H3,(H2,23,24,25). The van der Waals surface area contributed by atoms with E-state index in [4.69, 9.17) is 9.73 Å². The Morgan fingerprint density at radius 1 is 1.30 bits per heavy atom. The molecule has 0 aliphatic carbocycles. The smallest absolute Gasteiger partial charge is 0.191 e. The van der Waals surface area contributed by atoms with E-state index in [1.165, 1.54) is 4.70 Å². The van der Waals surface area contributed by atoms with Gasteiger partial charge in [-0.3, -0.25) is 4.68 Å². The number of guanidine groups is 1. The third-order valence-electron chi connectivity index (χ3n) is 5.01. The van der Waals surface area contributed by atoms with Crippen LogP contribution in [0.25, 0.3) is 10.1 Å². The van der Waals surface area contributed by atoms with Crippen molar-refractivity contribution in [2.24, 2.45) is 4.99 Å². The molecule has 0 spiro atoms. The average molecular weight is 430 g/mol. The molecule has 0 fully saturated rings. The van der Waals surface area contributed by atoms with Crippen molar-refractivity contribution in [3.63, 3.8) is 0 Å². The lowest BCUT2D eigenvalue weighted by Crippen LogP contribution is -2.39. The van der Waals surface area contributed by atoms with E-state index in [1.807, 2.05) is 30.7 Å². The Balaban J connectivity index is 1.65. The lowest BCUT2D eigenvalue weighted by atomic mass is 10.2. The number of rotatable bonds is 9. The number of hydrogen-bond donors (Lipinski definition) is 3. The van der Waals surface area contributed by atoms with Crippen LogP contribution in [0.3, 0.4) is 0 Å². The summed E-state index contributed by atoms with van der Waals surface area (Å²) in [6.45, 7) is 9.12. The van der Waals surface area contributed by atoms with E-state index in [0.29, 0.717) is 25.7 Å². The molecule has 0 bridgehead atoms. The molecular formula is C22H31N5O2S. The van der Waals surface area contributed by atoms with E-state index in [9.17, 15) is 5.11 Å². The Morgan fingerprint density at radius 3 is 2.83 bits per heavy atom. The van der Waals surface area contributed by atoms with Crippen molar-refractivity contribution in [1.82, 2.24) is 20.4 Å². The molecule has 1 aromatic carbocycles. The summed E-state index contributed by atoms with van der Waals surface area (Å²) in [7, 11) is 1.69. The zero-order valence-corrected chi connectivity index (χ0v) is 18.9. The van der Waals surface area contributed by atoms with Crippen molar-refractivity contribution in [2.75, 3.05) is 26.8 Å². The lowest BCUT2D eigenvalue weighted by molar-refractivity contribution is 0.182. The van der Waals surface area contributed by atoms with E-state index in [2.05, 4.69) is 40.9 Å². The number of hydrogen-bond acceptors (Lipinski definition) is 5. The van der Waals surface area contributed by atoms with Gasteiger partial charge in [0, 0.05) is 41.0 Å². The van der Waals surface area contributed by atoms with Crippen LogP contribution in [0.15, 0.2) is 35.3 Å². The predicted molar refractivity (Wildman–Crippen MR) is 123 cm³/mol. The first kappa shape index (κ1) is 22.3. The Hall–Kier alpha value is -2.42. The molecule has 0 amide bonds. The van der Waals surface area contributed by atoms with E-state index in [-0.39, 0.29) is 0 Å². The summed E-state index contributed by atoms with van der Waals surface area (Å²) in [5.74, 6) is 0.682. The molecule has 0 aliphatic heterocycles. The maximum atomic E-state index is 10.6. The highest BCUT2D eigenvalue weighted by atomic mass is 32.1. The minimum Gasteiger partial charge on any atom is -0.386 e. The maximum absolute atomic E-state index is 10.6. The molecule has 0 radical (unpaired) electrons. The minimum atomic E-state index is -0.591. The van der Waals surface area contributed by atoms with Gasteiger partial charge >= 0.3 is 0 Å². The summed E-state index contributed by atoms with van der Waals surface area (Å²) < 4.78 is 8.31. The number of fused-ring (bicyclic) bond motifs is 1. The molecule has 0 saturated heterocycles. The zero-order chi connectivity index (χ0) is 21.5. The summed E-state index contributed by atoms with van der Waals surface area (Å²) >= 11 is 1.62. The van der Waals surface area contributed by atoms with Gasteiger partial charge in [0.05, 0.1) is 25.4 Å². The highest BCUT2D eigenvalue weighted by Gasteiger charge is 2.14. The van der Waals surface area contributed by atoms with Crippen LogP contribution in [-0.2, 0) is 17.8 Å². The molecule has 1 atom stereocenters. The molecule has 30 heavy (non-hydrogen) atoms. The molecule has 0 aliphatic rings. The van der Waals surface area contributed by atoms with Crippen LogP contribution in [0.5, 0.6) is 0 Å². The van der Waals surface area contributed by atoms with Gasteiger partial charge < -0.3 is 20.5 Å². The van der Waals surface area contributed by atoms with Gasteiger partial charge in [-0.2, -0.15) is 5.10 Å². The van der Waals surface area contributed by atoms with Crippen LogP contribution < -0.4 is 10.6 Å². The second-order valence-electron chi connectivity index (χ2n) is 7.14. The molecular weight excluding hydrogens is 398 g/mol. The number of methoxy groups -OCH3 is 1. The summed E-state index contributed by atoms with van der Waals surface area (Å²) in [4.78, 5) is 5.66. The van der Waals surface area contributed by atoms with Crippen LogP contribution in [0.4, 0.5) is 0 Å². The average Bonchev–Trinajstić information content (AvgIpc) is 3.29. The largest absolute Gasteiger partial charge is 0.386 e. The van der Waals surface area contributed by atoms with Gasteiger partial charge in [-0.05, 0) is 38.3 Å². The van der Waals surface area contributed by atoms with Crippen molar-refractivity contribution in [1.29, 1.82) is 0 Å². The first-order chi connectivity index (χ1) is 14.5. The quantitative estimate of drug-likeness (QED) is 0.359. The number of nitrogens with one attached hydrogen (secondary N) is 2. The number of aliphatic hydroxyl groups is 1. The normalized spacial score (nSPS) is 13.0. The summed E-state index contributed by atoms with van der Waals surface area (Å²) in [5, 5.41) is 22.9. The second-order valence-corrected chi connectivity index (χ2v) is 8.26. The fraction of sp³-hybridized carbons (Fsp3) is 0.455. The number of nitrogens with zero attached hydrogens (tertiary/aromatic N) is 3. The topological polar surface area (TPSA) is 83.7 Å². The van der Waals surface area contributed by atoms with Crippen molar-refractivity contribution in [2.45, 2.75) is 40.0 Å². The van der Waals surface area contributed by atoms with Gasteiger partial charge in [-0.25, -0.2) is 4.99 Å². The second kappa shape index (κ2) is 10.6. The highest BCUT2D eigenvalue weighted by Crippen LogP contribution is 2.29. The fourth-order valence-electron chi connectivity index (χ4n) is 3.32. The Morgan fingerprint density at radius 2 is 2.10 bits per heavy atom. The van der Waals surface area contributed by atoms with Crippen molar-refractivity contribution in [3.05, 3.63) is 52.2 Å². The SMILES string of the molecule is CCNC(=NCc1c(C)nn(CCOC)c1C)NCC(O)c1cc2ccccc2s1. The van der Waals surface area contributed by atoms with Crippen LogP contribution in [-0.4, -0.2) is 47.7 Å². The molecule has 7 nitrogen and oxygen atoms in total. The van der Waals surface area contributed by atoms with Gasteiger partial charge in [-0.15, -0.1) is 11.3 Å². The van der Waals surface area contributed by atoms with Gasteiger partial charge in [0.15, 0.2) is 5.96 Å². The van der Waals surface area contributed by atoms with Crippen LogP contribution in [0.2, 0.25) is 0 Å². The number of benzene rings is 1. The number of aromatic nitrogens is 2. The van der Waals surface area contributed by atoms with E-state index in [0.717, 1.165) is 40.3 Å². The van der Waals surface area contributed by atoms with E-state index in [1.54, 1.807) is 18.4 Å². The van der Waals surface area contributed by atoms with Crippen LogP contribution in [0.1, 0.15) is 34.9 Å². The van der Waals surface area contributed by atoms with Gasteiger partial charge in [-0.1, -0.05) is 18.2 Å². The van der Waals surface area contributed by atoms with E-state index >= 15 is 0 Å². The summed E-state index contributed by atoms with van der Waals surface area (Å²) in [5.41, 5.74) is 3.20. The van der Waals surface area contributed by atoms with Crippen LogP contribution >= 0.6 is 11.3 Å². The Bertz CT molecular complexity index is 962. The molecule has 8 heteroatoms. The molecule has 0 saturated carbocycles. The summed E-state index contributed by atoms with van der Waals surface area (Å²) in [6.07, 6.45) is -0.591. The molecule has 3 aromatic rings. The van der Waals surface area contributed by atoms with Gasteiger partial charge in [0.25, 0.3) is 0 Å². The highest BCUT2D eigenvalue weighted by molar-refractivity contribution is 7.19. The number of thiophene rings is 1. The molecule has 162 valence electrons. The molecule has 3 rings (SSSR count). The monoisotopic (exact) mass is 429 g/mol. The van der Waals surface area contributed by atoms with Crippen molar-refractivity contribution >= 4 is 27.4 Å². The lowest BCUT2D eigenvalue weighted by Gasteiger charge is -2.14. The number of aryl methyl sites for hydroxylation is 1. The Labute approximate surface area is 181 Å². The fourth-order valence-corrected chi connectivity index (χ4v) is 4.37. The molecule has 2 aromatic heterocycles. The van der Waals surface area contributed by atoms with Gasteiger partial charge in [0.2, 0.25) is 0 Å². The summed E-state index contributed by atoms with van der Waals surface area (Å²) in [6, 6.07) is 10.2. The third-order valence-corrected chi connectivity index (χ3v) is 6.23.